The van der Waals surface area contributed by atoms with Crippen LogP contribution >= 0.6 is 0 Å². The van der Waals surface area contributed by atoms with Crippen LogP contribution in [0, 0.1) is 5.92 Å². The van der Waals surface area contributed by atoms with Crippen LogP contribution in [0.2, 0.25) is 0 Å². The first-order valence-corrected chi connectivity index (χ1v) is 8.32. The van der Waals surface area contributed by atoms with Crippen molar-refractivity contribution in [3.8, 4) is 11.6 Å². The van der Waals surface area contributed by atoms with E-state index in [1.807, 2.05) is 31.5 Å². The van der Waals surface area contributed by atoms with Crippen molar-refractivity contribution < 1.29 is 9.53 Å². The molecule has 0 radical (unpaired) electrons. The number of hydrogen-bond acceptors (Lipinski definition) is 4. The van der Waals surface area contributed by atoms with Gasteiger partial charge in [0.15, 0.2) is 11.5 Å². The van der Waals surface area contributed by atoms with Crippen LogP contribution in [-0.2, 0) is 6.42 Å². The van der Waals surface area contributed by atoms with E-state index in [-0.39, 0.29) is 11.4 Å². The first-order valence-electron chi connectivity index (χ1n) is 8.32. The van der Waals surface area contributed by atoms with E-state index in [2.05, 4.69) is 15.4 Å². The van der Waals surface area contributed by atoms with Gasteiger partial charge in [0.2, 0.25) is 0 Å². The lowest BCUT2D eigenvalue weighted by molar-refractivity contribution is 0.0913. The van der Waals surface area contributed by atoms with Crippen LogP contribution in [0.15, 0.2) is 18.3 Å². The highest BCUT2D eigenvalue weighted by molar-refractivity contribution is 5.95. The van der Waals surface area contributed by atoms with Gasteiger partial charge in [0, 0.05) is 29.3 Å². The number of ether oxygens (including phenoxy) is 1. The average molecular weight is 326 g/mol. The standard InChI is InChI=1S/C18H22N4O2/c1-18(2,3)20-17(23)15-13-8-10-7-12(10)16(13)22(21-15)14-9-11(24-4)5-6-19-14/h5-6,9-10,12H,7-8H2,1-4H3,(H,20,23)/t10-,12-/m1/s1. The van der Waals surface area contributed by atoms with Crippen molar-refractivity contribution >= 4 is 5.91 Å². The summed E-state index contributed by atoms with van der Waals surface area (Å²) in [5.74, 6) is 2.50. The van der Waals surface area contributed by atoms with Gasteiger partial charge < -0.3 is 10.1 Å². The summed E-state index contributed by atoms with van der Waals surface area (Å²) in [6.45, 7) is 5.93. The Labute approximate surface area is 141 Å². The maximum atomic E-state index is 12.7. The molecule has 0 aliphatic heterocycles. The highest BCUT2D eigenvalue weighted by atomic mass is 16.5. The fraction of sp³-hybridized carbons (Fsp3) is 0.500. The summed E-state index contributed by atoms with van der Waals surface area (Å²) < 4.78 is 7.13. The minimum Gasteiger partial charge on any atom is -0.497 e. The molecule has 126 valence electrons. The fourth-order valence-electron chi connectivity index (χ4n) is 3.52. The van der Waals surface area contributed by atoms with Gasteiger partial charge in [-0.25, -0.2) is 9.67 Å². The van der Waals surface area contributed by atoms with Gasteiger partial charge in [-0.1, -0.05) is 0 Å². The van der Waals surface area contributed by atoms with Crippen molar-refractivity contribution in [2.24, 2.45) is 5.92 Å². The molecule has 2 aliphatic carbocycles. The van der Waals surface area contributed by atoms with E-state index in [1.54, 1.807) is 19.4 Å². The largest absolute Gasteiger partial charge is 0.497 e. The highest BCUT2D eigenvalue weighted by Crippen LogP contribution is 2.57. The van der Waals surface area contributed by atoms with Crippen molar-refractivity contribution in [3.63, 3.8) is 0 Å². The van der Waals surface area contributed by atoms with E-state index in [4.69, 9.17) is 4.74 Å². The van der Waals surface area contributed by atoms with Gasteiger partial charge in [-0.3, -0.25) is 4.79 Å². The van der Waals surface area contributed by atoms with Crippen LogP contribution in [0.4, 0.5) is 0 Å². The molecular weight excluding hydrogens is 304 g/mol. The van der Waals surface area contributed by atoms with Gasteiger partial charge in [-0.15, -0.1) is 0 Å². The summed E-state index contributed by atoms with van der Waals surface area (Å²) in [5.41, 5.74) is 2.49. The number of carbonyl (C=O) groups is 1. The Kier molecular flexibility index (Phi) is 3.20. The third-order valence-electron chi connectivity index (χ3n) is 4.64. The molecule has 6 heteroatoms. The minimum absolute atomic E-state index is 0.110. The van der Waals surface area contributed by atoms with Crippen molar-refractivity contribution in [3.05, 3.63) is 35.3 Å². The van der Waals surface area contributed by atoms with Crippen LogP contribution in [0.1, 0.15) is 54.9 Å². The van der Waals surface area contributed by atoms with E-state index in [0.717, 1.165) is 23.4 Å². The van der Waals surface area contributed by atoms with Crippen LogP contribution in [0.5, 0.6) is 5.75 Å². The lowest BCUT2D eigenvalue weighted by Gasteiger charge is -2.19. The molecule has 0 bridgehead atoms. The molecule has 1 amide bonds. The Bertz CT molecular complexity index is 819. The lowest BCUT2D eigenvalue weighted by atomic mass is 10.1. The summed E-state index contributed by atoms with van der Waals surface area (Å²) in [7, 11) is 1.63. The summed E-state index contributed by atoms with van der Waals surface area (Å²) in [5, 5.41) is 7.65. The Morgan fingerprint density at radius 2 is 2.21 bits per heavy atom. The highest BCUT2D eigenvalue weighted by Gasteiger charge is 2.50. The van der Waals surface area contributed by atoms with E-state index in [9.17, 15) is 4.79 Å². The van der Waals surface area contributed by atoms with E-state index in [0.29, 0.717) is 23.3 Å². The summed E-state index contributed by atoms with van der Waals surface area (Å²) in [4.78, 5) is 17.1. The summed E-state index contributed by atoms with van der Waals surface area (Å²) >= 11 is 0. The number of rotatable bonds is 3. The van der Waals surface area contributed by atoms with Crippen LogP contribution in [0.3, 0.4) is 0 Å². The number of pyridine rings is 1. The van der Waals surface area contributed by atoms with Crippen molar-refractivity contribution in [2.75, 3.05) is 7.11 Å². The molecule has 0 unspecified atom stereocenters. The first kappa shape index (κ1) is 15.2. The van der Waals surface area contributed by atoms with Crippen molar-refractivity contribution in [2.45, 2.75) is 45.1 Å². The van der Waals surface area contributed by atoms with Gasteiger partial charge in [-0.2, -0.15) is 5.10 Å². The summed E-state index contributed by atoms with van der Waals surface area (Å²) in [6, 6.07) is 3.66. The molecule has 1 fully saturated rings. The number of carbonyl (C=O) groups excluding carboxylic acids is 1. The van der Waals surface area contributed by atoms with Gasteiger partial charge in [-0.05, 0) is 45.6 Å². The Morgan fingerprint density at radius 3 is 2.92 bits per heavy atom. The number of nitrogens with zero attached hydrogens (tertiary/aromatic N) is 3. The monoisotopic (exact) mass is 326 g/mol. The molecule has 24 heavy (non-hydrogen) atoms. The minimum atomic E-state index is -0.288. The van der Waals surface area contributed by atoms with Crippen molar-refractivity contribution in [1.82, 2.24) is 20.1 Å². The molecule has 2 aromatic heterocycles. The topological polar surface area (TPSA) is 69.0 Å². The maximum Gasteiger partial charge on any atom is 0.272 e. The zero-order valence-electron chi connectivity index (χ0n) is 14.5. The molecule has 2 aromatic rings. The number of hydrogen-bond donors (Lipinski definition) is 1. The van der Waals surface area contributed by atoms with Crippen LogP contribution in [0.25, 0.3) is 5.82 Å². The summed E-state index contributed by atoms with van der Waals surface area (Å²) in [6.07, 6.45) is 3.83. The Morgan fingerprint density at radius 1 is 1.42 bits per heavy atom. The number of aromatic nitrogens is 3. The van der Waals surface area contributed by atoms with Crippen molar-refractivity contribution in [1.29, 1.82) is 0 Å². The Hall–Kier alpha value is -2.37. The van der Waals surface area contributed by atoms with E-state index in [1.165, 1.54) is 6.42 Å². The molecule has 1 saturated carbocycles. The average Bonchev–Trinajstić information content (AvgIpc) is 3.02. The van der Waals surface area contributed by atoms with E-state index < -0.39 is 0 Å². The molecule has 0 saturated heterocycles. The molecule has 0 aromatic carbocycles. The molecule has 6 nitrogen and oxygen atoms in total. The molecule has 2 aliphatic rings. The van der Waals surface area contributed by atoms with Gasteiger partial charge in [0.1, 0.15) is 5.75 Å². The SMILES string of the molecule is COc1ccnc(-n2nc(C(=O)NC(C)(C)C)c3c2[C@@H]2C[C@@H]2C3)c1. The van der Waals surface area contributed by atoms with Gasteiger partial charge in [0.05, 0.1) is 12.8 Å². The normalized spacial score (nSPS) is 21.2. The first-order chi connectivity index (χ1) is 11.4. The van der Waals surface area contributed by atoms with Gasteiger partial charge >= 0.3 is 0 Å². The predicted molar refractivity (Wildman–Crippen MR) is 89.7 cm³/mol. The lowest BCUT2D eigenvalue weighted by Crippen LogP contribution is -2.41. The molecule has 4 rings (SSSR count). The number of fused-ring (bicyclic) bond motifs is 3. The third-order valence-corrected chi connectivity index (χ3v) is 4.64. The Balaban J connectivity index is 1.78. The second-order valence-corrected chi connectivity index (χ2v) is 7.69. The molecule has 2 atom stereocenters. The zero-order valence-corrected chi connectivity index (χ0v) is 14.5. The van der Waals surface area contributed by atoms with E-state index >= 15 is 0 Å². The second-order valence-electron chi connectivity index (χ2n) is 7.69. The third kappa shape index (κ3) is 2.46. The smallest absolute Gasteiger partial charge is 0.272 e. The zero-order chi connectivity index (χ0) is 17.1. The molecule has 1 N–H and O–H groups in total. The van der Waals surface area contributed by atoms with Crippen LogP contribution in [-0.4, -0.2) is 33.3 Å². The second kappa shape index (κ2) is 5.06. The molecule has 2 heterocycles. The van der Waals surface area contributed by atoms with Gasteiger partial charge in [0.25, 0.3) is 5.91 Å². The quantitative estimate of drug-likeness (QED) is 0.941. The van der Waals surface area contributed by atoms with Crippen LogP contribution < -0.4 is 10.1 Å². The predicted octanol–water partition coefficient (Wildman–Crippen LogP) is 2.46. The molecule has 0 spiro atoms. The maximum absolute atomic E-state index is 12.7. The number of nitrogens with one attached hydrogen (secondary N) is 1. The molecular formula is C18H22N4O2. The fourth-order valence-corrected chi connectivity index (χ4v) is 3.52. The number of amides is 1. The number of methoxy groups -OCH3 is 1.